The molecule has 0 radical (unpaired) electrons. The maximum atomic E-state index is 12.4. The third-order valence-corrected chi connectivity index (χ3v) is 4.03. The van der Waals surface area contributed by atoms with Gasteiger partial charge in [0.15, 0.2) is 0 Å². The molecule has 3 rings (SSSR count). The molecule has 0 saturated carbocycles. The summed E-state index contributed by atoms with van der Waals surface area (Å²) in [5, 5.41) is 6.16. The van der Waals surface area contributed by atoms with Crippen LogP contribution in [0.5, 0.6) is 5.75 Å². The number of alkyl halides is 2. The van der Waals surface area contributed by atoms with Crippen molar-refractivity contribution in [2.75, 3.05) is 13.1 Å². The lowest BCUT2D eigenvalue weighted by atomic mass is 9.94. The van der Waals surface area contributed by atoms with Crippen LogP contribution < -0.4 is 15.4 Å². The number of rotatable bonds is 5. The maximum absolute atomic E-state index is 12.4. The quantitative estimate of drug-likeness (QED) is 0.885. The highest BCUT2D eigenvalue weighted by molar-refractivity contribution is 5.96. The van der Waals surface area contributed by atoms with Gasteiger partial charge in [0.25, 0.3) is 5.91 Å². The number of hydrogen-bond acceptors (Lipinski definition) is 3. The van der Waals surface area contributed by atoms with Gasteiger partial charge in [-0.05, 0) is 36.2 Å². The van der Waals surface area contributed by atoms with E-state index in [0.29, 0.717) is 6.54 Å². The van der Waals surface area contributed by atoms with Gasteiger partial charge in [-0.3, -0.25) is 4.79 Å². The standard InChI is InChI=1S/C18H18F2N2O2/c19-18(20)24-16-8-4-3-7-14(16)17(23)22-11-15-13-6-2-1-5-12(13)9-10-21-15/h1-8,15,18,21H,9-11H2,(H,22,23). The van der Waals surface area contributed by atoms with Crippen LogP contribution in [0.2, 0.25) is 0 Å². The number of hydrogen-bond donors (Lipinski definition) is 2. The molecule has 1 aliphatic rings. The van der Waals surface area contributed by atoms with Crippen LogP contribution in [0.1, 0.15) is 27.5 Å². The van der Waals surface area contributed by atoms with Gasteiger partial charge < -0.3 is 15.4 Å². The molecule has 0 fully saturated rings. The minimum absolute atomic E-state index is 0.00193. The molecule has 0 bridgehead atoms. The number of fused-ring (bicyclic) bond motifs is 1. The summed E-state index contributed by atoms with van der Waals surface area (Å²) in [5.41, 5.74) is 2.51. The number of ether oxygens (including phenoxy) is 1. The number of benzene rings is 2. The lowest BCUT2D eigenvalue weighted by Crippen LogP contribution is -2.39. The van der Waals surface area contributed by atoms with Crippen molar-refractivity contribution in [3.05, 3.63) is 65.2 Å². The van der Waals surface area contributed by atoms with Crippen molar-refractivity contribution >= 4 is 5.91 Å². The molecule has 1 amide bonds. The Labute approximate surface area is 138 Å². The van der Waals surface area contributed by atoms with Crippen LogP contribution in [-0.2, 0) is 6.42 Å². The molecule has 0 aromatic heterocycles. The van der Waals surface area contributed by atoms with E-state index in [1.54, 1.807) is 12.1 Å². The first-order valence-electron chi connectivity index (χ1n) is 7.78. The van der Waals surface area contributed by atoms with E-state index >= 15 is 0 Å². The summed E-state index contributed by atoms with van der Waals surface area (Å²) in [4.78, 5) is 12.3. The zero-order valence-electron chi connectivity index (χ0n) is 13.0. The summed E-state index contributed by atoms with van der Waals surface area (Å²) in [6, 6.07) is 14.1. The second kappa shape index (κ2) is 7.40. The summed E-state index contributed by atoms with van der Waals surface area (Å²) in [5.74, 6) is -0.557. The van der Waals surface area contributed by atoms with Crippen LogP contribution in [0.15, 0.2) is 48.5 Å². The number of halogens is 2. The van der Waals surface area contributed by atoms with Crippen LogP contribution in [0, 0.1) is 0 Å². The fourth-order valence-electron chi connectivity index (χ4n) is 2.92. The van der Waals surface area contributed by atoms with E-state index in [9.17, 15) is 13.6 Å². The van der Waals surface area contributed by atoms with Crippen molar-refractivity contribution in [2.45, 2.75) is 19.1 Å². The first kappa shape index (κ1) is 16.4. The third kappa shape index (κ3) is 3.71. The second-order valence-electron chi connectivity index (χ2n) is 5.54. The summed E-state index contributed by atoms with van der Waals surface area (Å²) in [6.45, 7) is -1.76. The molecule has 2 aromatic rings. The van der Waals surface area contributed by atoms with E-state index in [1.807, 2.05) is 18.2 Å². The first-order valence-corrected chi connectivity index (χ1v) is 7.78. The molecule has 0 aliphatic carbocycles. The number of carbonyl (C=O) groups is 1. The molecule has 2 aromatic carbocycles. The minimum Gasteiger partial charge on any atom is -0.434 e. The highest BCUT2D eigenvalue weighted by Crippen LogP contribution is 2.23. The van der Waals surface area contributed by atoms with Gasteiger partial charge in [0, 0.05) is 12.6 Å². The first-order chi connectivity index (χ1) is 11.6. The molecule has 0 spiro atoms. The normalized spacial score (nSPS) is 16.5. The van der Waals surface area contributed by atoms with Gasteiger partial charge >= 0.3 is 6.61 Å². The monoisotopic (exact) mass is 332 g/mol. The van der Waals surface area contributed by atoms with Crippen LogP contribution in [-0.4, -0.2) is 25.6 Å². The van der Waals surface area contributed by atoms with Gasteiger partial charge in [0.05, 0.1) is 5.56 Å². The Morgan fingerprint density at radius 1 is 1.21 bits per heavy atom. The van der Waals surface area contributed by atoms with Crippen LogP contribution in [0.4, 0.5) is 8.78 Å². The molecule has 6 heteroatoms. The molecular formula is C18H18F2N2O2. The fourth-order valence-corrected chi connectivity index (χ4v) is 2.92. The van der Waals surface area contributed by atoms with E-state index in [4.69, 9.17) is 0 Å². The number of carbonyl (C=O) groups excluding carboxylic acids is 1. The van der Waals surface area contributed by atoms with Gasteiger partial charge in [-0.2, -0.15) is 8.78 Å². The zero-order valence-corrected chi connectivity index (χ0v) is 13.0. The molecule has 4 nitrogen and oxygen atoms in total. The van der Waals surface area contributed by atoms with Gasteiger partial charge in [-0.1, -0.05) is 36.4 Å². The molecule has 1 unspecified atom stereocenters. The van der Waals surface area contributed by atoms with Crippen molar-refractivity contribution in [1.82, 2.24) is 10.6 Å². The van der Waals surface area contributed by atoms with E-state index < -0.39 is 12.5 Å². The van der Waals surface area contributed by atoms with Gasteiger partial charge in [-0.25, -0.2) is 0 Å². The Morgan fingerprint density at radius 2 is 1.96 bits per heavy atom. The van der Waals surface area contributed by atoms with Crippen molar-refractivity contribution in [3.63, 3.8) is 0 Å². The number of nitrogens with one attached hydrogen (secondary N) is 2. The Morgan fingerprint density at radius 3 is 2.79 bits per heavy atom. The van der Waals surface area contributed by atoms with E-state index in [1.165, 1.54) is 17.7 Å². The van der Waals surface area contributed by atoms with E-state index in [2.05, 4.69) is 21.4 Å². The van der Waals surface area contributed by atoms with Crippen molar-refractivity contribution in [3.8, 4) is 5.75 Å². The smallest absolute Gasteiger partial charge is 0.387 e. The Bertz CT molecular complexity index is 722. The largest absolute Gasteiger partial charge is 0.434 e. The van der Waals surface area contributed by atoms with Crippen molar-refractivity contribution in [2.24, 2.45) is 0 Å². The molecule has 1 aliphatic heterocycles. The van der Waals surface area contributed by atoms with E-state index in [-0.39, 0.29) is 17.4 Å². The lowest BCUT2D eigenvalue weighted by molar-refractivity contribution is -0.0501. The zero-order chi connectivity index (χ0) is 16.9. The average Bonchev–Trinajstić information content (AvgIpc) is 2.59. The second-order valence-corrected chi connectivity index (χ2v) is 5.54. The lowest BCUT2D eigenvalue weighted by Gasteiger charge is -2.27. The topological polar surface area (TPSA) is 50.4 Å². The van der Waals surface area contributed by atoms with Crippen molar-refractivity contribution in [1.29, 1.82) is 0 Å². The average molecular weight is 332 g/mol. The molecule has 0 saturated heterocycles. The third-order valence-electron chi connectivity index (χ3n) is 4.03. The molecule has 126 valence electrons. The predicted molar refractivity (Wildman–Crippen MR) is 86.3 cm³/mol. The Balaban J connectivity index is 1.69. The number of para-hydroxylation sites is 1. The molecule has 1 heterocycles. The molecular weight excluding hydrogens is 314 g/mol. The minimum atomic E-state index is -2.97. The summed E-state index contributed by atoms with van der Waals surface area (Å²) in [6.07, 6.45) is 0.950. The molecule has 1 atom stereocenters. The highest BCUT2D eigenvalue weighted by atomic mass is 19.3. The van der Waals surface area contributed by atoms with Crippen LogP contribution in [0.25, 0.3) is 0 Å². The SMILES string of the molecule is O=C(NCC1NCCc2ccccc21)c1ccccc1OC(F)F. The summed E-state index contributed by atoms with van der Waals surface area (Å²) >= 11 is 0. The van der Waals surface area contributed by atoms with Gasteiger partial charge in [0.2, 0.25) is 0 Å². The van der Waals surface area contributed by atoms with Crippen LogP contribution in [0.3, 0.4) is 0 Å². The Hall–Kier alpha value is -2.47. The number of amides is 1. The summed E-state index contributed by atoms with van der Waals surface area (Å²) in [7, 11) is 0. The highest BCUT2D eigenvalue weighted by Gasteiger charge is 2.21. The van der Waals surface area contributed by atoms with Crippen LogP contribution >= 0.6 is 0 Å². The fraction of sp³-hybridized carbons (Fsp3) is 0.278. The van der Waals surface area contributed by atoms with E-state index in [0.717, 1.165) is 18.5 Å². The maximum Gasteiger partial charge on any atom is 0.387 e. The van der Waals surface area contributed by atoms with Crippen molar-refractivity contribution < 1.29 is 18.3 Å². The van der Waals surface area contributed by atoms with Gasteiger partial charge in [0.1, 0.15) is 5.75 Å². The molecule has 2 N–H and O–H groups in total. The predicted octanol–water partition coefficient (Wildman–Crippen LogP) is 2.90. The molecule has 24 heavy (non-hydrogen) atoms. The summed E-state index contributed by atoms with van der Waals surface area (Å²) < 4.78 is 29.3. The Kier molecular flexibility index (Phi) is 5.05. The van der Waals surface area contributed by atoms with Gasteiger partial charge in [-0.15, -0.1) is 0 Å².